The average molecular weight is 239 g/mol. The van der Waals surface area contributed by atoms with Crippen molar-refractivity contribution in [2.24, 2.45) is 0 Å². The molecule has 0 aliphatic carbocycles. The third kappa shape index (κ3) is 2.22. The predicted octanol–water partition coefficient (Wildman–Crippen LogP) is 3.31. The minimum absolute atomic E-state index is 0.310. The molecule has 0 saturated carbocycles. The summed E-state index contributed by atoms with van der Waals surface area (Å²) in [4.78, 5) is 10.7. The highest BCUT2D eigenvalue weighted by Gasteiger charge is 2.30. The topological polar surface area (TPSA) is 22.0 Å². The first-order valence-electron chi connectivity index (χ1n) is 4.82. The van der Waals surface area contributed by atoms with E-state index < -0.39 is 11.7 Å². The Morgan fingerprint density at radius 1 is 1.12 bits per heavy atom. The van der Waals surface area contributed by atoms with Crippen LogP contribution in [0.15, 0.2) is 42.6 Å². The minimum atomic E-state index is -4.38. The van der Waals surface area contributed by atoms with Crippen molar-refractivity contribution in [3.63, 3.8) is 0 Å². The number of halogens is 3. The number of rotatable bonds is 2. The lowest BCUT2D eigenvalue weighted by molar-refractivity contribution is -0.137. The van der Waals surface area contributed by atoms with Crippen LogP contribution in [0.3, 0.4) is 0 Å². The van der Waals surface area contributed by atoms with Gasteiger partial charge in [0.25, 0.3) is 0 Å². The summed E-state index contributed by atoms with van der Waals surface area (Å²) >= 11 is 0. The van der Waals surface area contributed by atoms with Crippen LogP contribution in [0.5, 0.6) is 0 Å². The van der Waals surface area contributed by atoms with Crippen molar-refractivity contribution in [3.05, 3.63) is 53.9 Å². The van der Waals surface area contributed by atoms with Crippen LogP contribution in [0.2, 0.25) is 0 Å². The molecule has 0 amide bonds. The molecule has 0 unspecified atom stereocenters. The van der Waals surface area contributed by atoms with Gasteiger partial charge in [-0.25, -0.2) is 0 Å². The molecule has 1 heterocycles. The highest BCUT2D eigenvalue weighted by Crippen LogP contribution is 2.30. The predicted molar refractivity (Wildman–Crippen MR) is 56.2 cm³/mol. The molecule has 0 spiro atoms. The van der Waals surface area contributed by atoms with Gasteiger partial charge >= 0.3 is 6.18 Å². The minimum Gasteiger partial charge on any atom is -0.314 e. The number of hydrogen-bond acceptors (Lipinski definition) is 1. The number of carbonyl (C=O) groups excluding carboxylic acids is 1. The molecule has 0 radical (unpaired) electrons. The molecule has 1 aromatic heterocycles. The molecular weight excluding hydrogens is 231 g/mol. The van der Waals surface area contributed by atoms with E-state index in [-0.39, 0.29) is 0 Å². The summed E-state index contributed by atoms with van der Waals surface area (Å²) in [6.07, 6.45) is -2.25. The summed E-state index contributed by atoms with van der Waals surface area (Å²) in [7, 11) is 0. The van der Waals surface area contributed by atoms with E-state index in [4.69, 9.17) is 0 Å². The maximum atomic E-state index is 12.5. The molecule has 2 rings (SSSR count). The summed E-state index contributed by atoms with van der Waals surface area (Å²) in [6, 6.07) is 7.97. The fourth-order valence-corrected chi connectivity index (χ4v) is 1.56. The second kappa shape index (κ2) is 4.08. The quantitative estimate of drug-likeness (QED) is 0.737. The molecule has 5 heteroatoms. The van der Waals surface area contributed by atoms with Gasteiger partial charge in [-0.2, -0.15) is 13.2 Å². The standard InChI is InChI=1S/C12H8F3NO/c13-12(14,15)9-3-1-4-10(7-9)16-6-2-5-11(16)8-17/h1-8H. The summed E-state index contributed by atoms with van der Waals surface area (Å²) in [5, 5.41) is 0. The molecular formula is C12H8F3NO. The van der Waals surface area contributed by atoms with Crippen LogP contribution in [-0.2, 0) is 6.18 Å². The number of carbonyl (C=O) groups is 1. The van der Waals surface area contributed by atoms with Gasteiger partial charge in [-0.1, -0.05) is 6.07 Å². The number of hydrogen-bond donors (Lipinski definition) is 0. The average Bonchev–Trinajstić information content (AvgIpc) is 2.76. The molecule has 17 heavy (non-hydrogen) atoms. The van der Waals surface area contributed by atoms with Gasteiger partial charge in [0.2, 0.25) is 0 Å². The lowest BCUT2D eigenvalue weighted by Crippen LogP contribution is -2.06. The second-order valence-corrected chi connectivity index (χ2v) is 3.47. The van der Waals surface area contributed by atoms with Gasteiger partial charge < -0.3 is 4.57 Å². The van der Waals surface area contributed by atoms with E-state index in [1.807, 2.05) is 0 Å². The molecule has 0 N–H and O–H groups in total. The van der Waals surface area contributed by atoms with Crippen molar-refractivity contribution in [3.8, 4) is 5.69 Å². The summed E-state index contributed by atoms with van der Waals surface area (Å²) < 4.78 is 38.9. The number of alkyl halides is 3. The number of benzene rings is 1. The maximum absolute atomic E-state index is 12.5. The van der Waals surface area contributed by atoms with E-state index in [9.17, 15) is 18.0 Å². The SMILES string of the molecule is O=Cc1cccn1-c1cccc(C(F)(F)F)c1. The Morgan fingerprint density at radius 3 is 2.53 bits per heavy atom. The monoisotopic (exact) mass is 239 g/mol. The van der Waals surface area contributed by atoms with E-state index in [1.165, 1.54) is 22.8 Å². The van der Waals surface area contributed by atoms with Gasteiger partial charge in [-0.3, -0.25) is 4.79 Å². The van der Waals surface area contributed by atoms with Crippen molar-refractivity contribution in [2.75, 3.05) is 0 Å². The van der Waals surface area contributed by atoms with Gasteiger partial charge in [0, 0.05) is 11.9 Å². The molecule has 0 atom stereocenters. The van der Waals surface area contributed by atoms with E-state index in [1.54, 1.807) is 12.3 Å². The Balaban J connectivity index is 2.51. The highest BCUT2D eigenvalue weighted by molar-refractivity contribution is 5.73. The third-order valence-corrected chi connectivity index (χ3v) is 2.35. The molecule has 2 aromatic rings. The zero-order chi connectivity index (χ0) is 12.5. The van der Waals surface area contributed by atoms with Gasteiger partial charge in [-0.05, 0) is 30.3 Å². The van der Waals surface area contributed by atoms with Crippen molar-refractivity contribution < 1.29 is 18.0 Å². The van der Waals surface area contributed by atoms with Crippen LogP contribution in [-0.4, -0.2) is 10.9 Å². The lowest BCUT2D eigenvalue weighted by atomic mass is 10.2. The Morgan fingerprint density at radius 2 is 1.88 bits per heavy atom. The largest absolute Gasteiger partial charge is 0.416 e. The number of aromatic nitrogens is 1. The Labute approximate surface area is 95.3 Å². The zero-order valence-corrected chi connectivity index (χ0v) is 8.61. The number of aldehydes is 1. The van der Waals surface area contributed by atoms with Crippen LogP contribution in [0, 0.1) is 0 Å². The fraction of sp³-hybridized carbons (Fsp3) is 0.0833. The molecule has 0 saturated heterocycles. The molecule has 88 valence electrons. The molecule has 0 fully saturated rings. The van der Waals surface area contributed by atoms with E-state index >= 15 is 0 Å². The van der Waals surface area contributed by atoms with Crippen LogP contribution >= 0.6 is 0 Å². The first-order chi connectivity index (χ1) is 8.02. The summed E-state index contributed by atoms with van der Waals surface area (Å²) in [5.41, 5.74) is -0.114. The molecule has 0 aliphatic rings. The Kier molecular flexibility index (Phi) is 2.75. The first-order valence-corrected chi connectivity index (χ1v) is 4.82. The van der Waals surface area contributed by atoms with Crippen LogP contribution in [0.1, 0.15) is 16.1 Å². The Hall–Kier alpha value is -2.04. The van der Waals surface area contributed by atoms with E-state index in [0.717, 1.165) is 12.1 Å². The fourth-order valence-electron chi connectivity index (χ4n) is 1.56. The van der Waals surface area contributed by atoms with E-state index in [2.05, 4.69) is 0 Å². The summed E-state index contributed by atoms with van der Waals surface area (Å²) in [6.45, 7) is 0. The zero-order valence-electron chi connectivity index (χ0n) is 8.61. The number of nitrogens with zero attached hydrogens (tertiary/aromatic N) is 1. The van der Waals surface area contributed by atoms with Gasteiger partial charge in [0.15, 0.2) is 6.29 Å². The Bertz CT molecular complexity index is 543. The molecule has 2 nitrogen and oxygen atoms in total. The van der Waals surface area contributed by atoms with Crippen LogP contribution < -0.4 is 0 Å². The van der Waals surface area contributed by atoms with Crippen LogP contribution in [0.25, 0.3) is 5.69 Å². The molecule has 1 aromatic carbocycles. The summed E-state index contributed by atoms with van der Waals surface area (Å²) in [5.74, 6) is 0. The van der Waals surface area contributed by atoms with Gasteiger partial charge in [0.05, 0.1) is 11.3 Å². The van der Waals surface area contributed by atoms with Gasteiger partial charge in [-0.15, -0.1) is 0 Å². The second-order valence-electron chi connectivity index (χ2n) is 3.47. The van der Waals surface area contributed by atoms with E-state index in [0.29, 0.717) is 17.7 Å². The lowest BCUT2D eigenvalue weighted by Gasteiger charge is -2.10. The van der Waals surface area contributed by atoms with Crippen molar-refractivity contribution in [2.45, 2.75) is 6.18 Å². The smallest absolute Gasteiger partial charge is 0.314 e. The first kappa shape index (κ1) is 11.4. The third-order valence-electron chi connectivity index (χ3n) is 2.35. The van der Waals surface area contributed by atoms with Crippen molar-refractivity contribution in [1.82, 2.24) is 4.57 Å². The van der Waals surface area contributed by atoms with Crippen molar-refractivity contribution >= 4 is 6.29 Å². The molecule has 0 aliphatic heterocycles. The van der Waals surface area contributed by atoms with Crippen LogP contribution in [0.4, 0.5) is 13.2 Å². The molecule has 0 bridgehead atoms. The highest BCUT2D eigenvalue weighted by atomic mass is 19.4. The maximum Gasteiger partial charge on any atom is 0.416 e. The van der Waals surface area contributed by atoms with Crippen molar-refractivity contribution in [1.29, 1.82) is 0 Å². The van der Waals surface area contributed by atoms with Gasteiger partial charge in [0.1, 0.15) is 0 Å². The normalized spacial score (nSPS) is 11.5.